The largest absolute Gasteiger partial charge is 0.416 e. The molecule has 3 atom stereocenters. The fourth-order valence-corrected chi connectivity index (χ4v) is 16.3. The Kier molecular flexibility index (Phi) is 23.0. The number of aromatic nitrogens is 1. The third-order valence-electron chi connectivity index (χ3n) is 18.1. The Hall–Kier alpha value is -6.85. The van der Waals surface area contributed by atoms with E-state index in [9.17, 15) is 105 Å². The van der Waals surface area contributed by atoms with E-state index in [-0.39, 0.29) is 20.1 Å². The van der Waals surface area contributed by atoms with Gasteiger partial charge in [-0.3, -0.25) is 4.98 Å². The summed E-state index contributed by atoms with van der Waals surface area (Å²) in [4.78, 5) is 5.43. The van der Waals surface area contributed by atoms with Crippen molar-refractivity contribution in [2.75, 3.05) is 0 Å². The zero-order valence-corrected chi connectivity index (χ0v) is 55.8. The molecular weight excluding hydrogens is 1570 g/mol. The number of nitrogens with zero attached hydrogens (tertiary/aromatic N) is 1. The van der Waals surface area contributed by atoms with Crippen LogP contribution < -0.4 is 32.5 Å². The fraction of sp³-hybridized carbons (Fsp3) is 0.292. The topological polar surface area (TPSA) is 12.9 Å². The standard InChI is InChI=1S/C32H12BF24.C32H32NP.C8H12.Ir/c34-25(35,36)13-1-14(26(37,38)39)6-21(5-13)33(22-7-15(27(40,41)42)2-16(8-22)28(43,44)45,23-9-17(29(46,47)48)3-18(10-23)30(49,50)51)24-11-19(31(52,53)54)4-20(12-24)32(55,56)57;1-21-10-14-24(15-11-21)34(25-16-12-22(2)13-17-25)31-28-20-27(32(28,3)4)26-18-19-29(33-30(26)31)23-8-6-5-7-9-23;1-2-4-6-8-7-5-3-1;/h1-12H;5-19,27-28,31H,20H2,1-4H3;1-2,7-8H,3-6H2;/q-1;;;/t;27-,28+,31-;;/m.0../s1. The number of aryl methyl sites for hydroxylation is 2. The summed E-state index contributed by atoms with van der Waals surface area (Å²) in [6.45, 7) is 9.34. The maximum atomic E-state index is 14.2. The predicted molar refractivity (Wildman–Crippen MR) is 331 cm³/mol. The van der Waals surface area contributed by atoms with Crippen molar-refractivity contribution < 1.29 is 125 Å². The predicted octanol–water partition coefficient (Wildman–Crippen LogP) is 21.3. The van der Waals surface area contributed by atoms with Crippen LogP contribution in [0.5, 0.6) is 0 Å². The zero-order valence-electron chi connectivity index (χ0n) is 52.5. The van der Waals surface area contributed by atoms with Crippen molar-refractivity contribution in [1.82, 2.24) is 4.98 Å². The summed E-state index contributed by atoms with van der Waals surface area (Å²) < 4.78 is 341. The molecule has 4 aliphatic rings. The van der Waals surface area contributed by atoms with Crippen LogP contribution in [0.2, 0.25) is 0 Å². The quantitative estimate of drug-likeness (QED) is 0.0839. The SMILES string of the molecule is Cc1ccc(P(c2ccc(C)cc2)[C@@H]2c3nc(-c4ccccc4)ccc3[C@@H]3C[C@H]2C3(C)C)cc1.FC(F)(F)c1cc([B-](c2cc(C(F)(F)F)cc(C(F)(F)F)c2)(c2cc(C(F)(F)F)cc(C(F)(F)F)c2)c2cc(C(F)(F)F)cc(C(F)(F)F)c2)cc(C(F)(F)F)c1.[CH]1[CH]CC[CH][CH]CC1.[Ir]. The van der Waals surface area contributed by atoms with E-state index in [0.29, 0.717) is 22.9 Å². The zero-order chi connectivity index (χ0) is 73.0. The van der Waals surface area contributed by atoms with Crippen LogP contribution in [0, 0.1) is 50.9 Å². The smallest absolute Gasteiger partial charge is 0.252 e. The third kappa shape index (κ3) is 17.4. The molecule has 2 bridgehead atoms. The van der Waals surface area contributed by atoms with E-state index in [4.69, 9.17) is 4.98 Å². The molecule has 2 saturated carbocycles. The average Bonchev–Trinajstić information content (AvgIpc) is 0.698. The second-order valence-electron chi connectivity index (χ2n) is 25.1. The van der Waals surface area contributed by atoms with E-state index in [0.717, 1.165) is 5.69 Å². The van der Waals surface area contributed by atoms with Gasteiger partial charge in [0, 0.05) is 31.3 Å². The molecule has 4 aliphatic carbocycles. The minimum Gasteiger partial charge on any atom is -0.252 e. The monoisotopic (exact) mass is 1630 g/mol. The molecule has 5 radical (unpaired) electrons. The van der Waals surface area contributed by atoms with Gasteiger partial charge >= 0.3 is 49.4 Å². The molecule has 8 aromatic rings. The molecule has 2 fully saturated rings. The molecule has 12 rings (SSSR count). The van der Waals surface area contributed by atoms with Crippen molar-refractivity contribution in [3.05, 3.63) is 256 Å². The Morgan fingerprint density at radius 3 is 0.910 bits per heavy atom. The van der Waals surface area contributed by atoms with Crippen molar-refractivity contribution >= 4 is 46.5 Å². The second-order valence-corrected chi connectivity index (χ2v) is 27.4. The Bertz CT molecular complexity index is 3640. The van der Waals surface area contributed by atoms with Gasteiger partial charge in [-0.2, -0.15) is 127 Å². The minimum atomic E-state index is -6.13. The first-order valence-corrected chi connectivity index (χ1v) is 31.8. The molecule has 100 heavy (non-hydrogen) atoms. The van der Waals surface area contributed by atoms with E-state index >= 15 is 0 Å². The van der Waals surface area contributed by atoms with Crippen LogP contribution in [0.1, 0.15) is 124 Å². The number of halogens is 24. The van der Waals surface area contributed by atoms with Crippen LogP contribution in [-0.4, -0.2) is 11.1 Å². The number of benzene rings is 7. The third-order valence-corrected chi connectivity index (χ3v) is 21.0. The van der Waals surface area contributed by atoms with E-state index < -0.39 is 203 Å². The van der Waals surface area contributed by atoms with Crippen LogP contribution in [0.4, 0.5) is 105 Å². The Morgan fingerprint density at radius 2 is 0.650 bits per heavy atom. The second kappa shape index (κ2) is 29.1. The molecule has 0 saturated heterocycles. The summed E-state index contributed by atoms with van der Waals surface area (Å²) in [5.74, 6) is 1.27. The molecule has 1 aromatic heterocycles. The van der Waals surface area contributed by atoms with Gasteiger partial charge in [-0.25, -0.2) is 0 Å². The van der Waals surface area contributed by atoms with Gasteiger partial charge < -0.3 is 0 Å². The van der Waals surface area contributed by atoms with E-state index in [1.54, 1.807) is 0 Å². The summed E-state index contributed by atoms with van der Waals surface area (Å²) in [6.07, 6.45) is -39.5. The Labute approximate surface area is 574 Å². The van der Waals surface area contributed by atoms with Gasteiger partial charge in [0.05, 0.1) is 55.9 Å². The average molecular weight is 1630 g/mol. The van der Waals surface area contributed by atoms with Crippen LogP contribution in [-0.2, 0) is 69.5 Å². The molecule has 0 spiro atoms. The van der Waals surface area contributed by atoms with Crippen molar-refractivity contribution in [2.24, 2.45) is 11.3 Å². The van der Waals surface area contributed by atoms with Crippen molar-refractivity contribution in [1.29, 1.82) is 0 Å². The molecule has 28 heteroatoms. The van der Waals surface area contributed by atoms with Crippen LogP contribution >= 0.6 is 7.92 Å². The maximum Gasteiger partial charge on any atom is 0.416 e. The summed E-state index contributed by atoms with van der Waals surface area (Å²) in [5, 5.41) is 2.93. The number of rotatable bonds is 8. The minimum absolute atomic E-state index is 0. The molecule has 1 heterocycles. The molecule has 1 nitrogen and oxygen atoms in total. The van der Waals surface area contributed by atoms with Gasteiger partial charge in [-0.1, -0.05) is 158 Å². The number of hydrogen-bond donors (Lipinski definition) is 0. The maximum absolute atomic E-state index is 14.2. The van der Waals surface area contributed by atoms with Gasteiger partial charge in [0.1, 0.15) is 6.15 Å². The van der Waals surface area contributed by atoms with E-state index in [1.165, 1.54) is 70.7 Å². The van der Waals surface area contributed by atoms with Crippen LogP contribution in [0.25, 0.3) is 11.3 Å². The summed E-state index contributed by atoms with van der Waals surface area (Å²) in [7, 11) is -0.584. The normalized spacial score (nSPS) is 17.6. The molecule has 7 aromatic carbocycles. The molecule has 535 valence electrons. The Balaban J connectivity index is 0.000000246. The molecule has 0 aliphatic heterocycles. The summed E-state index contributed by atoms with van der Waals surface area (Å²) >= 11 is 0. The van der Waals surface area contributed by atoms with Gasteiger partial charge in [0.2, 0.25) is 0 Å². The first-order chi connectivity index (χ1) is 45.7. The first-order valence-electron chi connectivity index (χ1n) is 30.3. The number of pyridine rings is 1. The van der Waals surface area contributed by atoms with Crippen molar-refractivity contribution in [3.63, 3.8) is 0 Å². The molecular formula is C72H56BF24IrNP-. The molecule has 0 N–H and O–H groups in total. The van der Waals surface area contributed by atoms with E-state index in [2.05, 4.69) is 144 Å². The number of alkyl halides is 24. The van der Waals surface area contributed by atoms with Gasteiger partial charge in [-0.05, 0) is 143 Å². The first kappa shape index (κ1) is 78.9. The van der Waals surface area contributed by atoms with E-state index in [1.807, 2.05) is 0 Å². The van der Waals surface area contributed by atoms with Crippen LogP contribution in [0.3, 0.4) is 0 Å². The van der Waals surface area contributed by atoms with Crippen molar-refractivity contribution in [2.45, 2.75) is 121 Å². The van der Waals surface area contributed by atoms with Crippen molar-refractivity contribution in [3.8, 4) is 11.3 Å². The fourth-order valence-electron chi connectivity index (χ4n) is 13.1. The summed E-state index contributed by atoms with van der Waals surface area (Å²) in [5.41, 5.74) is -21.7. The molecule has 0 amide bonds. The number of hydrogen-bond acceptors (Lipinski definition) is 1. The van der Waals surface area contributed by atoms with Gasteiger partial charge in [-0.15, -0.1) is 0 Å². The van der Waals surface area contributed by atoms with Gasteiger partial charge in [0.15, 0.2) is 0 Å². The summed E-state index contributed by atoms with van der Waals surface area (Å²) in [6, 6.07) is 25.1. The molecule has 0 unspecified atom stereocenters. The van der Waals surface area contributed by atoms with Gasteiger partial charge in [0.25, 0.3) is 0 Å². The van der Waals surface area contributed by atoms with Crippen LogP contribution in [0.15, 0.2) is 164 Å². The Morgan fingerprint density at radius 1 is 0.370 bits per heavy atom.